The van der Waals surface area contributed by atoms with Gasteiger partial charge in [-0.1, -0.05) is 12.1 Å². The van der Waals surface area contributed by atoms with E-state index in [9.17, 15) is 9.59 Å². The van der Waals surface area contributed by atoms with Gasteiger partial charge < -0.3 is 9.72 Å². The highest BCUT2D eigenvalue weighted by molar-refractivity contribution is 7.98. The fourth-order valence-electron chi connectivity index (χ4n) is 3.40. The molecule has 6 heteroatoms. The van der Waals surface area contributed by atoms with E-state index in [0.717, 1.165) is 42.1 Å². The second kappa shape index (κ2) is 8.56. The van der Waals surface area contributed by atoms with Gasteiger partial charge in [0.25, 0.3) is 0 Å². The van der Waals surface area contributed by atoms with Crippen molar-refractivity contribution in [3.05, 3.63) is 58.0 Å². The van der Waals surface area contributed by atoms with E-state index in [4.69, 9.17) is 4.74 Å². The number of carbonyl (C=O) groups is 1. The first-order chi connectivity index (χ1) is 12.6. The van der Waals surface area contributed by atoms with Gasteiger partial charge >= 0.3 is 0 Å². The minimum Gasteiger partial charge on any atom is -0.491 e. The van der Waals surface area contributed by atoms with Crippen molar-refractivity contribution in [3.63, 3.8) is 0 Å². The van der Waals surface area contributed by atoms with E-state index < -0.39 is 0 Å². The van der Waals surface area contributed by atoms with Crippen molar-refractivity contribution in [2.45, 2.75) is 24.3 Å². The van der Waals surface area contributed by atoms with Gasteiger partial charge in [0.15, 0.2) is 11.5 Å². The van der Waals surface area contributed by atoms with Crippen LogP contribution in [-0.4, -0.2) is 42.1 Å². The predicted molar refractivity (Wildman–Crippen MR) is 104 cm³/mol. The van der Waals surface area contributed by atoms with E-state index in [1.807, 2.05) is 30.5 Å². The van der Waals surface area contributed by atoms with Crippen molar-refractivity contribution in [2.24, 2.45) is 5.92 Å². The fourth-order valence-corrected chi connectivity index (χ4v) is 3.80. The summed E-state index contributed by atoms with van der Waals surface area (Å²) in [6, 6.07) is 9.43. The number of aromatic nitrogens is 1. The van der Waals surface area contributed by atoms with Crippen LogP contribution in [0.3, 0.4) is 0 Å². The molecule has 0 saturated carbocycles. The maximum absolute atomic E-state index is 12.8. The molecule has 0 unspecified atom stereocenters. The number of likely N-dealkylation sites (tertiary alicyclic amines) is 1. The second-order valence-corrected chi connectivity index (χ2v) is 7.44. The SMILES string of the molecule is COc1c[nH]c(CN2CCC[C@@H](C(=O)c3ccc(SC)cc3)C2)cc1=O. The number of piperidine rings is 1. The van der Waals surface area contributed by atoms with Crippen LogP contribution in [0, 0.1) is 5.92 Å². The number of benzene rings is 1. The Morgan fingerprint density at radius 1 is 1.35 bits per heavy atom. The van der Waals surface area contributed by atoms with E-state index in [0.29, 0.717) is 12.3 Å². The molecule has 1 aliphatic rings. The standard InChI is InChI=1S/C20H24N2O3S/c1-25-19-11-21-16(10-18(19)23)13-22-9-3-4-15(12-22)20(24)14-5-7-17(26-2)8-6-14/h5-8,10-11,15H,3-4,9,12-13H2,1-2H3,(H,21,23)/t15-/m1/s1. The monoisotopic (exact) mass is 372 g/mol. The van der Waals surface area contributed by atoms with E-state index >= 15 is 0 Å². The highest BCUT2D eigenvalue weighted by atomic mass is 32.2. The minimum atomic E-state index is -0.125. The number of H-pyrrole nitrogens is 1. The zero-order chi connectivity index (χ0) is 18.5. The van der Waals surface area contributed by atoms with Gasteiger partial charge in [0.05, 0.1) is 7.11 Å². The van der Waals surface area contributed by atoms with Crippen LogP contribution in [0.2, 0.25) is 0 Å². The first kappa shape index (κ1) is 18.7. The molecule has 1 aromatic heterocycles. The summed E-state index contributed by atoms with van der Waals surface area (Å²) in [7, 11) is 1.48. The number of ether oxygens (including phenoxy) is 1. The van der Waals surface area contributed by atoms with Gasteiger partial charge in [-0.15, -0.1) is 11.8 Å². The van der Waals surface area contributed by atoms with E-state index in [1.54, 1.807) is 24.0 Å². The molecule has 1 aromatic carbocycles. The molecule has 0 radical (unpaired) electrons. The van der Waals surface area contributed by atoms with Crippen molar-refractivity contribution in [1.29, 1.82) is 0 Å². The fraction of sp³-hybridized carbons (Fsp3) is 0.400. The second-order valence-electron chi connectivity index (χ2n) is 6.56. The maximum atomic E-state index is 12.8. The molecule has 2 aromatic rings. The molecular weight excluding hydrogens is 348 g/mol. The molecule has 0 bridgehead atoms. The highest BCUT2D eigenvalue weighted by Crippen LogP contribution is 2.23. The van der Waals surface area contributed by atoms with E-state index in [2.05, 4.69) is 9.88 Å². The zero-order valence-electron chi connectivity index (χ0n) is 15.2. The molecule has 1 atom stereocenters. The van der Waals surface area contributed by atoms with Crippen LogP contribution < -0.4 is 10.2 Å². The Morgan fingerprint density at radius 3 is 2.77 bits per heavy atom. The molecular formula is C20H24N2O3S. The summed E-state index contributed by atoms with van der Waals surface area (Å²) in [4.78, 5) is 31.2. The van der Waals surface area contributed by atoms with E-state index in [1.165, 1.54) is 7.11 Å². The number of hydrogen-bond donors (Lipinski definition) is 1. The quantitative estimate of drug-likeness (QED) is 0.623. The molecule has 1 fully saturated rings. The summed E-state index contributed by atoms with van der Waals surface area (Å²) in [6.45, 7) is 2.29. The van der Waals surface area contributed by atoms with Crippen molar-refractivity contribution in [1.82, 2.24) is 9.88 Å². The molecule has 138 valence electrons. The number of carbonyl (C=O) groups excluding carboxylic acids is 1. The third kappa shape index (κ3) is 4.37. The van der Waals surface area contributed by atoms with E-state index in [-0.39, 0.29) is 17.1 Å². The Balaban J connectivity index is 1.65. The third-order valence-electron chi connectivity index (χ3n) is 4.80. The Kier molecular flexibility index (Phi) is 6.16. The molecule has 3 rings (SSSR count). The van der Waals surface area contributed by atoms with Crippen LogP contribution in [0.25, 0.3) is 0 Å². The summed E-state index contributed by atoms with van der Waals surface area (Å²) in [5.74, 6) is 0.536. The maximum Gasteiger partial charge on any atom is 0.223 e. The summed E-state index contributed by atoms with van der Waals surface area (Å²) < 4.78 is 5.00. The Hall–Kier alpha value is -2.05. The van der Waals surface area contributed by atoms with Crippen LogP contribution in [0.1, 0.15) is 28.9 Å². The van der Waals surface area contributed by atoms with Crippen LogP contribution >= 0.6 is 11.8 Å². The third-order valence-corrected chi connectivity index (χ3v) is 5.55. The lowest BCUT2D eigenvalue weighted by Crippen LogP contribution is -2.38. The average Bonchev–Trinajstić information content (AvgIpc) is 2.68. The molecule has 2 heterocycles. The molecule has 1 saturated heterocycles. The van der Waals surface area contributed by atoms with Gasteiger partial charge in [0.1, 0.15) is 0 Å². The average molecular weight is 372 g/mol. The van der Waals surface area contributed by atoms with Crippen LogP contribution in [0.4, 0.5) is 0 Å². The Morgan fingerprint density at radius 2 is 2.12 bits per heavy atom. The number of methoxy groups -OCH3 is 1. The molecule has 0 amide bonds. The van der Waals surface area contributed by atoms with Crippen LogP contribution in [-0.2, 0) is 6.54 Å². The van der Waals surface area contributed by atoms with Crippen LogP contribution in [0.15, 0.2) is 46.2 Å². The summed E-state index contributed by atoms with van der Waals surface area (Å²) in [6.07, 6.45) is 5.52. The zero-order valence-corrected chi connectivity index (χ0v) is 16.0. The molecule has 1 N–H and O–H groups in total. The number of Topliss-reactive ketones (excluding diaryl/α,β-unsaturated/α-hetero) is 1. The van der Waals surface area contributed by atoms with Crippen molar-refractivity contribution in [2.75, 3.05) is 26.5 Å². The lowest BCUT2D eigenvalue weighted by molar-refractivity contribution is 0.0810. The Bertz CT molecular complexity index is 817. The minimum absolute atomic E-state index is 0.00819. The smallest absolute Gasteiger partial charge is 0.223 e. The predicted octanol–water partition coefficient (Wildman–Crippen LogP) is 3.20. The van der Waals surface area contributed by atoms with Gasteiger partial charge in [-0.05, 0) is 37.8 Å². The van der Waals surface area contributed by atoms with Gasteiger partial charge in [0.2, 0.25) is 5.43 Å². The first-order valence-electron chi connectivity index (χ1n) is 8.77. The molecule has 5 nitrogen and oxygen atoms in total. The summed E-state index contributed by atoms with van der Waals surface area (Å²) >= 11 is 1.67. The Labute approximate surface area is 157 Å². The molecule has 26 heavy (non-hydrogen) atoms. The largest absolute Gasteiger partial charge is 0.491 e. The summed E-state index contributed by atoms with van der Waals surface area (Å²) in [5.41, 5.74) is 1.50. The number of nitrogens with zero attached hydrogens (tertiary/aromatic N) is 1. The van der Waals surface area contributed by atoms with Gasteiger partial charge in [-0.25, -0.2) is 0 Å². The highest BCUT2D eigenvalue weighted by Gasteiger charge is 2.26. The number of pyridine rings is 1. The number of hydrogen-bond acceptors (Lipinski definition) is 5. The van der Waals surface area contributed by atoms with Crippen molar-refractivity contribution >= 4 is 17.5 Å². The topological polar surface area (TPSA) is 62.4 Å². The number of thioether (sulfide) groups is 1. The lowest BCUT2D eigenvalue weighted by atomic mass is 9.90. The van der Waals surface area contributed by atoms with Crippen molar-refractivity contribution < 1.29 is 9.53 Å². The first-order valence-corrected chi connectivity index (χ1v) is 9.99. The lowest BCUT2D eigenvalue weighted by Gasteiger charge is -2.31. The van der Waals surface area contributed by atoms with Gasteiger partial charge in [0, 0.05) is 47.4 Å². The number of ketones is 1. The number of nitrogens with one attached hydrogen (secondary N) is 1. The molecule has 0 spiro atoms. The molecule has 0 aliphatic carbocycles. The number of aromatic amines is 1. The number of rotatable bonds is 6. The normalized spacial score (nSPS) is 17.8. The van der Waals surface area contributed by atoms with Gasteiger partial charge in [-0.3, -0.25) is 14.5 Å². The van der Waals surface area contributed by atoms with Crippen LogP contribution in [0.5, 0.6) is 5.75 Å². The van der Waals surface area contributed by atoms with Crippen molar-refractivity contribution in [3.8, 4) is 5.75 Å². The van der Waals surface area contributed by atoms with Gasteiger partial charge in [-0.2, -0.15) is 0 Å². The molecule has 1 aliphatic heterocycles. The summed E-state index contributed by atoms with van der Waals surface area (Å²) in [5, 5.41) is 0.